The van der Waals surface area contributed by atoms with Crippen molar-refractivity contribution in [2.45, 2.75) is 19.8 Å². The van der Waals surface area contributed by atoms with Crippen molar-refractivity contribution in [1.82, 2.24) is 9.88 Å². The van der Waals surface area contributed by atoms with Gasteiger partial charge < -0.3 is 10.0 Å². The third kappa shape index (κ3) is 3.45. The molecule has 3 rings (SSSR count). The van der Waals surface area contributed by atoms with Crippen LogP contribution in [0.5, 0.6) is 0 Å². The number of carboxylic acids is 1. The number of rotatable bonds is 4. The molecule has 1 aromatic heterocycles. The van der Waals surface area contributed by atoms with Crippen LogP contribution in [-0.4, -0.2) is 40.0 Å². The first-order valence-electron chi connectivity index (χ1n) is 8.07. The van der Waals surface area contributed by atoms with Crippen molar-refractivity contribution in [1.29, 1.82) is 0 Å². The standard InChI is InChI=1S/C19H20N2O3/c1-13(22)21-9-7-15(12-21)10-14-6-8-20-18(11-14)16-4-2-3-5-17(16)19(23)24/h2-6,8,11,15H,7,9-10,12H2,1H3,(H,23,24)/t15-/m0/s1. The number of likely N-dealkylation sites (tertiary alicyclic amines) is 1. The van der Waals surface area contributed by atoms with Crippen molar-refractivity contribution in [3.63, 3.8) is 0 Å². The average Bonchev–Trinajstić information content (AvgIpc) is 3.04. The Balaban J connectivity index is 1.81. The quantitative estimate of drug-likeness (QED) is 0.939. The van der Waals surface area contributed by atoms with E-state index in [0.29, 0.717) is 17.2 Å². The van der Waals surface area contributed by atoms with E-state index in [0.717, 1.165) is 31.5 Å². The lowest BCUT2D eigenvalue weighted by Crippen LogP contribution is -2.26. The maximum Gasteiger partial charge on any atom is 0.336 e. The van der Waals surface area contributed by atoms with E-state index < -0.39 is 5.97 Å². The van der Waals surface area contributed by atoms with Gasteiger partial charge in [0.15, 0.2) is 0 Å². The highest BCUT2D eigenvalue weighted by Crippen LogP contribution is 2.25. The number of carbonyl (C=O) groups excluding carboxylic acids is 1. The van der Waals surface area contributed by atoms with E-state index in [4.69, 9.17) is 0 Å². The maximum atomic E-state index is 11.4. The summed E-state index contributed by atoms with van der Waals surface area (Å²) in [6.45, 7) is 3.22. The fraction of sp³-hybridized carbons (Fsp3) is 0.316. The number of benzene rings is 1. The van der Waals surface area contributed by atoms with Gasteiger partial charge in [-0.25, -0.2) is 4.79 Å². The number of hydrogen-bond donors (Lipinski definition) is 1. The second-order valence-corrected chi connectivity index (χ2v) is 6.22. The SMILES string of the molecule is CC(=O)N1CC[C@@H](Cc2ccnc(-c3ccccc3C(=O)O)c2)C1. The van der Waals surface area contributed by atoms with Gasteiger partial charge in [0.25, 0.3) is 0 Å². The maximum absolute atomic E-state index is 11.4. The van der Waals surface area contributed by atoms with Crippen LogP contribution in [0.4, 0.5) is 0 Å². The predicted molar refractivity (Wildman–Crippen MR) is 90.7 cm³/mol. The van der Waals surface area contributed by atoms with Crippen molar-refractivity contribution < 1.29 is 14.7 Å². The third-order valence-electron chi connectivity index (χ3n) is 4.51. The van der Waals surface area contributed by atoms with Gasteiger partial charge in [-0.15, -0.1) is 0 Å². The summed E-state index contributed by atoms with van der Waals surface area (Å²) in [6, 6.07) is 10.8. The van der Waals surface area contributed by atoms with Crippen molar-refractivity contribution in [2.75, 3.05) is 13.1 Å². The molecule has 1 aromatic carbocycles. The number of pyridine rings is 1. The molecule has 0 bridgehead atoms. The lowest BCUT2D eigenvalue weighted by atomic mass is 9.97. The molecule has 1 atom stereocenters. The normalized spacial score (nSPS) is 17.0. The van der Waals surface area contributed by atoms with Crippen LogP contribution in [-0.2, 0) is 11.2 Å². The Morgan fingerprint density at radius 1 is 1.29 bits per heavy atom. The Bertz CT molecular complexity index is 773. The molecule has 0 spiro atoms. The molecule has 5 heteroatoms. The van der Waals surface area contributed by atoms with E-state index in [1.807, 2.05) is 23.1 Å². The van der Waals surface area contributed by atoms with Gasteiger partial charge in [0.1, 0.15) is 0 Å². The fourth-order valence-electron chi connectivity index (χ4n) is 3.26. The number of amides is 1. The van der Waals surface area contributed by atoms with Gasteiger partial charge >= 0.3 is 5.97 Å². The van der Waals surface area contributed by atoms with Gasteiger partial charge in [-0.1, -0.05) is 18.2 Å². The van der Waals surface area contributed by atoms with Crippen molar-refractivity contribution in [3.8, 4) is 11.3 Å². The van der Waals surface area contributed by atoms with Crippen LogP contribution in [0.3, 0.4) is 0 Å². The molecule has 1 aliphatic rings. The molecule has 124 valence electrons. The van der Waals surface area contributed by atoms with Crippen molar-refractivity contribution in [2.24, 2.45) is 5.92 Å². The second kappa shape index (κ2) is 6.83. The Morgan fingerprint density at radius 3 is 2.79 bits per heavy atom. The number of nitrogens with zero attached hydrogens (tertiary/aromatic N) is 2. The first-order chi connectivity index (χ1) is 11.5. The van der Waals surface area contributed by atoms with E-state index in [1.165, 1.54) is 0 Å². The zero-order chi connectivity index (χ0) is 17.1. The summed E-state index contributed by atoms with van der Waals surface area (Å²) in [7, 11) is 0. The summed E-state index contributed by atoms with van der Waals surface area (Å²) in [5.41, 5.74) is 2.68. The van der Waals surface area contributed by atoms with Crippen LogP contribution in [0, 0.1) is 5.92 Å². The topological polar surface area (TPSA) is 70.5 Å². The summed E-state index contributed by atoms with van der Waals surface area (Å²) in [5, 5.41) is 9.34. The van der Waals surface area contributed by atoms with Crippen LogP contribution in [0.25, 0.3) is 11.3 Å². The number of hydrogen-bond acceptors (Lipinski definition) is 3. The van der Waals surface area contributed by atoms with Crippen LogP contribution in [0.15, 0.2) is 42.6 Å². The lowest BCUT2D eigenvalue weighted by molar-refractivity contribution is -0.127. The zero-order valence-corrected chi connectivity index (χ0v) is 13.6. The Hall–Kier alpha value is -2.69. The van der Waals surface area contributed by atoms with Gasteiger partial charge in [-0.3, -0.25) is 9.78 Å². The molecule has 2 aromatic rings. The Labute approximate surface area is 140 Å². The fourth-order valence-corrected chi connectivity index (χ4v) is 3.26. The molecule has 1 N–H and O–H groups in total. The smallest absolute Gasteiger partial charge is 0.336 e. The highest BCUT2D eigenvalue weighted by atomic mass is 16.4. The van der Waals surface area contributed by atoms with E-state index in [1.54, 1.807) is 31.3 Å². The van der Waals surface area contributed by atoms with Crippen LogP contribution >= 0.6 is 0 Å². The lowest BCUT2D eigenvalue weighted by Gasteiger charge is -2.14. The molecule has 0 aliphatic carbocycles. The first kappa shape index (κ1) is 16.2. The highest BCUT2D eigenvalue weighted by Gasteiger charge is 2.24. The van der Waals surface area contributed by atoms with Crippen LogP contribution in [0.2, 0.25) is 0 Å². The molecular weight excluding hydrogens is 304 g/mol. The predicted octanol–water partition coefficient (Wildman–Crippen LogP) is 2.86. The Kier molecular flexibility index (Phi) is 4.60. The molecule has 1 saturated heterocycles. The monoisotopic (exact) mass is 324 g/mol. The molecule has 0 unspecified atom stereocenters. The van der Waals surface area contributed by atoms with Gasteiger partial charge in [-0.2, -0.15) is 0 Å². The number of aromatic nitrogens is 1. The molecule has 5 nitrogen and oxygen atoms in total. The van der Waals surface area contributed by atoms with Gasteiger partial charge in [0, 0.05) is 31.8 Å². The summed E-state index contributed by atoms with van der Waals surface area (Å²) >= 11 is 0. The first-order valence-corrected chi connectivity index (χ1v) is 8.07. The van der Waals surface area contributed by atoms with Gasteiger partial charge in [0.05, 0.1) is 11.3 Å². The zero-order valence-electron chi connectivity index (χ0n) is 13.6. The Morgan fingerprint density at radius 2 is 2.08 bits per heavy atom. The second-order valence-electron chi connectivity index (χ2n) is 6.22. The number of carbonyl (C=O) groups is 2. The van der Waals surface area contributed by atoms with E-state index in [2.05, 4.69) is 4.98 Å². The van der Waals surface area contributed by atoms with Crippen LogP contribution in [0.1, 0.15) is 29.3 Å². The van der Waals surface area contributed by atoms with E-state index >= 15 is 0 Å². The summed E-state index contributed by atoms with van der Waals surface area (Å²) in [4.78, 5) is 29.1. The molecular formula is C19H20N2O3. The summed E-state index contributed by atoms with van der Waals surface area (Å²) < 4.78 is 0. The van der Waals surface area contributed by atoms with Gasteiger partial charge in [0.2, 0.25) is 5.91 Å². The van der Waals surface area contributed by atoms with Crippen molar-refractivity contribution in [3.05, 3.63) is 53.7 Å². The minimum Gasteiger partial charge on any atom is -0.478 e. The molecule has 1 fully saturated rings. The average molecular weight is 324 g/mol. The molecule has 0 radical (unpaired) electrons. The van der Waals surface area contributed by atoms with Crippen molar-refractivity contribution >= 4 is 11.9 Å². The minimum atomic E-state index is -0.953. The van der Waals surface area contributed by atoms with Gasteiger partial charge in [-0.05, 0) is 42.5 Å². The highest BCUT2D eigenvalue weighted by molar-refractivity contribution is 5.95. The summed E-state index contributed by atoms with van der Waals surface area (Å²) in [6.07, 6.45) is 3.60. The third-order valence-corrected chi connectivity index (χ3v) is 4.51. The summed E-state index contributed by atoms with van der Waals surface area (Å²) in [5.74, 6) is -0.382. The van der Waals surface area contributed by atoms with E-state index in [9.17, 15) is 14.7 Å². The molecule has 24 heavy (non-hydrogen) atoms. The van der Waals surface area contributed by atoms with E-state index in [-0.39, 0.29) is 11.5 Å². The van der Waals surface area contributed by atoms with Crippen LogP contribution < -0.4 is 0 Å². The molecule has 2 heterocycles. The largest absolute Gasteiger partial charge is 0.478 e. The molecule has 1 amide bonds. The number of aromatic carboxylic acids is 1. The minimum absolute atomic E-state index is 0.128. The molecule has 0 saturated carbocycles. The number of carboxylic acid groups (broad SMARTS) is 1. The molecule has 1 aliphatic heterocycles.